The molecule has 0 aliphatic heterocycles. The molecule has 0 radical (unpaired) electrons. The van der Waals surface area contributed by atoms with Crippen molar-refractivity contribution in [3.05, 3.63) is 65.9 Å². The Morgan fingerprint density at radius 2 is 1.65 bits per heavy atom. The molecule has 0 fully saturated rings. The molecule has 2 N–H and O–H groups in total. The minimum Gasteiger partial charge on any atom is -0.479 e. The maximum absolute atomic E-state index is 11.6. The van der Waals surface area contributed by atoms with Gasteiger partial charge in [-0.2, -0.15) is 5.10 Å². The summed E-state index contributed by atoms with van der Waals surface area (Å²) in [5, 5.41) is 24.1. The van der Waals surface area contributed by atoms with E-state index in [1.54, 1.807) is 16.8 Å². The van der Waals surface area contributed by atoms with Gasteiger partial charge in [-0.05, 0) is 11.6 Å². The van der Waals surface area contributed by atoms with E-state index in [1.165, 1.54) is 0 Å². The summed E-state index contributed by atoms with van der Waals surface area (Å²) < 4.78 is 6.63. The molecular formula is C19H18N2O5. The number of carboxylic acids is 2. The molecule has 0 saturated heterocycles. The number of nitrogens with zero attached hydrogens (tertiary/aromatic N) is 2. The molecular weight excluding hydrogens is 336 g/mol. The van der Waals surface area contributed by atoms with E-state index < -0.39 is 17.5 Å². The third-order valence-corrected chi connectivity index (χ3v) is 4.37. The first-order chi connectivity index (χ1) is 12.5. The van der Waals surface area contributed by atoms with Crippen LogP contribution in [0.25, 0.3) is 10.9 Å². The zero-order valence-corrected chi connectivity index (χ0v) is 14.1. The molecule has 3 rings (SSSR count). The third-order valence-electron chi connectivity index (χ3n) is 4.37. The van der Waals surface area contributed by atoms with Crippen LogP contribution in [0.5, 0.6) is 0 Å². The van der Waals surface area contributed by atoms with E-state index in [-0.39, 0.29) is 6.42 Å². The van der Waals surface area contributed by atoms with Crippen molar-refractivity contribution >= 4 is 22.8 Å². The number of hydrogen-bond acceptors (Lipinski definition) is 4. The smallest absolute Gasteiger partial charge is 0.348 e. The zero-order valence-electron chi connectivity index (χ0n) is 14.1. The predicted octanol–water partition coefficient (Wildman–Crippen LogP) is 2.18. The zero-order chi connectivity index (χ0) is 18.7. The normalized spacial score (nSPS) is 11.6. The number of rotatable bonds is 7. The van der Waals surface area contributed by atoms with Gasteiger partial charge in [-0.1, -0.05) is 48.5 Å². The molecule has 0 aliphatic rings. The van der Waals surface area contributed by atoms with Gasteiger partial charge >= 0.3 is 11.9 Å². The molecule has 7 nitrogen and oxygen atoms in total. The fourth-order valence-electron chi connectivity index (χ4n) is 2.93. The minimum atomic E-state index is -2.38. The molecule has 0 saturated carbocycles. The van der Waals surface area contributed by atoms with Crippen molar-refractivity contribution in [2.24, 2.45) is 0 Å². The van der Waals surface area contributed by atoms with Crippen LogP contribution in [0.15, 0.2) is 54.6 Å². The Bertz CT molecular complexity index is 935. The van der Waals surface area contributed by atoms with E-state index in [4.69, 9.17) is 4.74 Å². The van der Waals surface area contributed by atoms with Crippen LogP contribution in [0, 0.1) is 0 Å². The molecule has 3 aromatic rings. The maximum atomic E-state index is 11.6. The topological polar surface area (TPSA) is 102 Å². The van der Waals surface area contributed by atoms with Gasteiger partial charge in [-0.25, -0.2) is 9.59 Å². The monoisotopic (exact) mass is 354 g/mol. The standard InChI is InChI=1S/C19H18N2O5/c1-26-19(17(22)23,18(24)25)11-15-14-9-5-6-10-16(14)21(20-15)12-13-7-3-2-4-8-13/h2-10H,11-12H2,1H3,(H,22,23)(H,24,25). The lowest BCUT2D eigenvalue weighted by Crippen LogP contribution is -2.50. The average molecular weight is 354 g/mol. The second-order valence-electron chi connectivity index (χ2n) is 5.93. The quantitative estimate of drug-likeness (QED) is 0.631. The molecule has 0 unspecified atom stereocenters. The Kier molecular flexibility index (Phi) is 4.73. The van der Waals surface area contributed by atoms with E-state index in [2.05, 4.69) is 5.10 Å². The van der Waals surface area contributed by atoms with Gasteiger partial charge in [0.25, 0.3) is 5.60 Å². The second kappa shape index (κ2) is 6.97. The SMILES string of the molecule is COC(Cc1nn(Cc2ccccc2)c2ccccc12)(C(=O)O)C(=O)O. The number of ether oxygens (including phenoxy) is 1. The van der Waals surface area contributed by atoms with Gasteiger partial charge in [0.05, 0.1) is 17.8 Å². The summed E-state index contributed by atoms with van der Waals surface area (Å²) in [4.78, 5) is 23.2. The number of aliphatic carboxylic acids is 2. The fourth-order valence-corrected chi connectivity index (χ4v) is 2.93. The number of methoxy groups -OCH3 is 1. The number of carboxylic acid groups (broad SMARTS) is 2. The number of benzene rings is 2. The summed E-state index contributed by atoms with van der Waals surface area (Å²) in [6.45, 7) is 0.488. The number of fused-ring (bicyclic) bond motifs is 1. The Labute approximate surface area is 149 Å². The summed E-state index contributed by atoms with van der Waals surface area (Å²) in [5.41, 5.74) is -0.189. The highest BCUT2D eigenvalue weighted by Crippen LogP contribution is 2.25. The minimum absolute atomic E-state index is 0.364. The number of hydrogen-bond donors (Lipinski definition) is 2. The molecule has 1 aromatic heterocycles. The van der Waals surface area contributed by atoms with Crippen LogP contribution in [0.3, 0.4) is 0 Å². The van der Waals surface area contributed by atoms with Crippen LogP contribution in [0.4, 0.5) is 0 Å². The van der Waals surface area contributed by atoms with Crippen LogP contribution < -0.4 is 0 Å². The molecule has 134 valence electrons. The lowest BCUT2D eigenvalue weighted by atomic mass is 9.96. The summed E-state index contributed by atoms with van der Waals surface area (Å²) in [7, 11) is 1.07. The van der Waals surface area contributed by atoms with E-state index >= 15 is 0 Å². The van der Waals surface area contributed by atoms with E-state index in [9.17, 15) is 19.8 Å². The molecule has 7 heteroatoms. The predicted molar refractivity (Wildman–Crippen MR) is 94.0 cm³/mol. The van der Waals surface area contributed by atoms with Crippen molar-refractivity contribution in [2.75, 3.05) is 7.11 Å². The lowest BCUT2D eigenvalue weighted by molar-refractivity contribution is -0.179. The summed E-state index contributed by atoms with van der Waals surface area (Å²) >= 11 is 0. The molecule has 0 spiro atoms. The van der Waals surface area contributed by atoms with Crippen molar-refractivity contribution in [3.8, 4) is 0 Å². The van der Waals surface area contributed by atoms with Crippen LogP contribution in [0.1, 0.15) is 11.3 Å². The van der Waals surface area contributed by atoms with Crippen molar-refractivity contribution in [2.45, 2.75) is 18.6 Å². The van der Waals surface area contributed by atoms with Crippen LogP contribution in [-0.2, 0) is 27.3 Å². The third kappa shape index (κ3) is 3.04. The van der Waals surface area contributed by atoms with Crippen molar-refractivity contribution < 1.29 is 24.5 Å². The van der Waals surface area contributed by atoms with Crippen LogP contribution >= 0.6 is 0 Å². The molecule has 0 atom stereocenters. The molecule has 0 aliphatic carbocycles. The van der Waals surface area contributed by atoms with Crippen molar-refractivity contribution in [3.63, 3.8) is 0 Å². The summed E-state index contributed by atoms with van der Waals surface area (Å²) in [6, 6.07) is 17.0. The average Bonchev–Trinajstić information content (AvgIpc) is 2.97. The lowest BCUT2D eigenvalue weighted by Gasteiger charge is -2.22. The van der Waals surface area contributed by atoms with E-state index in [0.29, 0.717) is 17.6 Å². The Balaban J connectivity index is 2.07. The van der Waals surface area contributed by atoms with E-state index in [0.717, 1.165) is 18.2 Å². The van der Waals surface area contributed by atoms with Crippen LogP contribution in [-0.4, -0.2) is 44.6 Å². The highest BCUT2D eigenvalue weighted by molar-refractivity contribution is 6.02. The molecule has 0 bridgehead atoms. The van der Waals surface area contributed by atoms with Gasteiger partial charge in [-0.15, -0.1) is 0 Å². The highest BCUT2D eigenvalue weighted by Gasteiger charge is 2.48. The summed E-state index contributed by atoms with van der Waals surface area (Å²) in [6.07, 6.45) is -0.379. The van der Waals surface area contributed by atoms with Crippen molar-refractivity contribution in [1.29, 1.82) is 0 Å². The fraction of sp³-hybridized carbons (Fsp3) is 0.211. The highest BCUT2D eigenvalue weighted by atomic mass is 16.5. The Hall–Kier alpha value is -3.19. The van der Waals surface area contributed by atoms with Crippen molar-refractivity contribution in [1.82, 2.24) is 9.78 Å². The van der Waals surface area contributed by atoms with Crippen LogP contribution in [0.2, 0.25) is 0 Å². The molecule has 1 heterocycles. The first kappa shape index (κ1) is 17.6. The first-order valence-corrected chi connectivity index (χ1v) is 7.98. The number of carbonyl (C=O) groups is 2. The first-order valence-electron chi connectivity index (χ1n) is 7.98. The summed E-state index contributed by atoms with van der Waals surface area (Å²) in [5.74, 6) is -3.12. The van der Waals surface area contributed by atoms with Gasteiger partial charge in [0.2, 0.25) is 0 Å². The van der Waals surface area contributed by atoms with Gasteiger partial charge in [0.15, 0.2) is 0 Å². The molecule has 26 heavy (non-hydrogen) atoms. The number of para-hydroxylation sites is 1. The van der Waals surface area contributed by atoms with Gasteiger partial charge in [-0.3, -0.25) is 4.68 Å². The Morgan fingerprint density at radius 3 is 2.27 bits per heavy atom. The largest absolute Gasteiger partial charge is 0.479 e. The number of aromatic nitrogens is 2. The maximum Gasteiger partial charge on any atom is 0.348 e. The second-order valence-corrected chi connectivity index (χ2v) is 5.93. The molecule has 2 aromatic carbocycles. The molecule has 0 amide bonds. The van der Waals surface area contributed by atoms with Gasteiger partial charge in [0, 0.05) is 18.9 Å². The Morgan fingerprint density at radius 1 is 1.04 bits per heavy atom. The van der Waals surface area contributed by atoms with Gasteiger partial charge in [0.1, 0.15) is 0 Å². The van der Waals surface area contributed by atoms with E-state index in [1.807, 2.05) is 42.5 Å². The van der Waals surface area contributed by atoms with Gasteiger partial charge < -0.3 is 14.9 Å².